The van der Waals surface area contributed by atoms with Gasteiger partial charge in [0.2, 0.25) is 11.8 Å². The smallest absolute Gasteiger partial charge is 0.248 e. The SMILES string of the molecule is CCN(C(=O)C1CCC(F)(F)CC1)C1CCNC1. The second-order valence-corrected chi connectivity index (χ2v) is 5.40. The van der Waals surface area contributed by atoms with Gasteiger partial charge in [0.15, 0.2) is 0 Å². The van der Waals surface area contributed by atoms with Crippen LogP contribution in [0.4, 0.5) is 8.78 Å². The summed E-state index contributed by atoms with van der Waals surface area (Å²) >= 11 is 0. The van der Waals surface area contributed by atoms with E-state index in [4.69, 9.17) is 0 Å². The Morgan fingerprint density at radius 1 is 1.33 bits per heavy atom. The van der Waals surface area contributed by atoms with Gasteiger partial charge in [0.25, 0.3) is 0 Å². The van der Waals surface area contributed by atoms with Crippen molar-refractivity contribution < 1.29 is 13.6 Å². The Labute approximate surface area is 107 Å². The van der Waals surface area contributed by atoms with Crippen molar-refractivity contribution in [1.29, 1.82) is 0 Å². The van der Waals surface area contributed by atoms with Crippen molar-refractivity contribution in [2.75, 3.05) is 19.6 Å². The average Bonchev–Trinajstić information content (AvgIpc) is 2.83. The molecule has 0 radical (unpaired) electrons. The molecule has 0 spiro atoms. The highest BCUT2D eigenvalue weighted by Gasteiger charge is 2.39. The van der Waals surface area contributed by atoms with Crippen LogP contribution >= 0.6 is 0 Å². The van der Waals surface area contributed by atoms with Crippen molar-refractivity contribution in [1.82, 2.24) is 10.2 Å². The molecule has 1 aliphatic heterocycles. The number of likely N-dealkylation sites (N-methyl/N-ethyl adjacent to an activating group) is 1. The fourth-order valence-corrected chi connectivity index (χ4v) is 3.02. The first-order chi connectivity index (χ1) is 8.53. The second kappa shape index (κ2) is 5.51. The van der Waals surface area contributed by atoms with Gasteiger partial charge in [-0.15, -0.1) is 0 Å². The zero-order valence-corrected chi connectivity index (χ0v) is 10.9. The predicted octanol–water partition coefficient (Wildman–Crippen LogP) is 2.02. The van der Waals surface area contributed by atoms with Crippen LogP contribution in [0.2, 0.25) is 0 Å². The van der Waals surface area contributed by atoms with Crippen LogP contribution in [0.1, 0.15) is 39.0 Å². The number of carbonyl (C=O) groups excluding carboxylic acids is 1. The standard InChI is InChI=1S/C13H22F2N2O/c1-2-17(11-5-8-16-9-11)12(18)10-3-6-13(14,15)7-4-10/h10-11,16H,2-9H2,1H3. The number of carbonyl (C=O) groups is 1. The Morgan fingerprint density at radius 2 is 2.00 bits per heavy atom. The molecular formula is C13H22F2N2O. The third kappa shape index (κ3) is 2.99. The Bertz CT molecular complexity index is 293. The number of hydrogen-bond acceptors (Lipinski definition) is 2. The van der Waals surface area contributed by atoms with Crippen LogP contribution in [0.3, 0.4) is 0 Å². The quantitative estimate of drug-likeness (QED) is 0.842. The predicted molar refractivity (Wildman–Crippen MR) is 65.6 cm³/mol. The minimum atomic E-state index is -2.55. The highest BCUT2D eigenvalue weighted by molar-refractivity contribution is 5.79. The van der Waals surface area contributed by atoms with E-state index in [0.29, 0.717) is 19.4 Å². The number of alkyl halides is 2. The number of rotatable bonds is 3. The van der Waals surface area contributed by atoms with E-state index in [-0.39, 0.29) is 30.7 Å². The number of halogens is 2. The summed E-state index contributed by atoms with van der Waals surface area (Å²) in [5.74, 6) is -2.66. The summed E-state index contributed by atoms with van der Waals surface area (Å²) in [7, 11) is 0. The molecule has 1 saturated heterocycles. The molecule has 0 aromatic heterocycles. The van der Waals surface area contributed by atoms with Crippen LogP contribution in [0.25, 0.3) is 0 Å². The van der Waals surface area contributed by atoms with Gasteiger partial charge in [-0.05, 0) is 32.7 Å². The van der Waals surface area contributed by atoms with Gasteiger partial charge in [0, 0.05) is 37.9 Å². The topological polar surface area (TPSA) is 32.3 Å². The molecule has 1 saturated carbocycles. The lowest BCUT2D eigenvalue weighted by molar-refractivity contribution is -0.141. The first-order valence-corrected chi connectivity index (χ1v) is 6.92. The molecule has 1 aliphatic carbocycles. The van der Waals surface area contributed by atoms with Crippen molar-refractivity contribution in [2.45, 2.75) is 51.0 Å². The third-order valence-electron chi connectivity index (χ3n) is 4.17. The molecular weight excluding hydrogens is 238 g/mol. The number of nitrogens with one attached hydrogen (secondary N) is 1. The largest absolute Gasteiger partial charge is 0.338 e. The molecule has 5 heteroatoms. The van der Waals surface area contributed by atoms with Gasteiger partial charge in [-0.3, -0.25) is 4.79 Å². The van der Waals surface area contributed by atoms with Crippen LogP contribution in [0, 0.1) is 5.92 Å². The Hall–Kier alpha value is -0.710. The van der Waals surface area contributed by atoms with Gasteiger partial charge < -0.3 is 10.2 Å². The summed E-state index contributed by atoms with van der Waals surface area (Å²) in [6.07, 6.45) is 1.38. The van der Waals surface area contributed by atoms with Gasteiger partial charge in [0.05, 0.1) is 0 Å². The van der Waals surface area contributed by atoms with E-state index in [9.17, 15) is 13.6 Å². The molecule has 1 N–H and O–H groups in total. The van der Waals surface area contributed by atoms with Gasteiger partial charge in [-0.1, -0.05) is 0 Å². The number of hydrogen-bond donors (Lipinski definition) is 1. The molecule has 3 nitrogen and oxygen atoms in total. The third-order valence-corrected chi connectivity index (χ3v) is 4.17. The fourth-order valence-electron chi connectivity index (χ4n) is 3.02. The van der Waals surface area contributed by atoms with E-state index in [2.05, 4.69) is 5.32 Å². The summed E-state index contributed by atoms with van der Waals surface area (Å²) in [6, 6.07) is 0.255. The summed E-state index contributed by atoms with van der Waals surface area (Å²) in [5.41, 5.74) is 0. The maximum atomic E-state index is 13.1. The van der Waals surface area contributed by atoms with E-state index in [1.165, 1.54) is 0 Å². The molecule has 1 unspecified atom stereocenters. The van der Waals surface area contributed by atoms with E-state index < -0.39 is 5.92 Å². The van der Waals surface area contributed by atoms with Gasteiger partial charge in [-0.25, -0.2) is 8.78 Å². The van der Waals surface area contributed by atoms with Gasteiger partial charge in [0.1, 0.15) is 0 Å². The van der Waals surface area contributed by atoms with Crippen molar-refractivity contribution in [3.63, 3.8) is 0 Å². The molecule has 1 heterocycles. The second-order valence-electron chi connectivity index (χ2n) is 5.40. The van der Waals surface area contributed by atoms with E-state index in [1.54, 1.807) is 0 Å². The lowest BCUT2D eigenvalue weighted by atomic mass is 9.85. The Kier molecular flexibility index (Phi) is 4.20. The van der Waals surface area contributed by atoms with Crippen molar-refractivity contribution in [2.24, 2.45) is 5.92 Å². The number of amides is 1. The molecule has 1 amide bonds. The normalized spacial score (nSPS) is 28.3. The highest BCUT2D eigenvalue weighted by Crippen LogP contribution is 2.37. The van der Waals surface area contributed by atoms with Crippen LogP contribution in [0.5, 0.6) is 0 Å². The minimum absolute atomic E-state index is 0.0849. The maximum absolute atomic E-state index is 13.1. The summed E-state index contributed by atoms with van der Waals surface area (Å²) in [6.45, 7) is 4.42. The lowest BCUT2D eigenvalue weighted by Gasteiger charge is -2.34. The van der Waals surface area contributed by atoms with Gasteiger partial charge in [-0.2, -0.15) is 0 Å². The van der Waals surface area contributed by atoms with Crippen molar-refractivity contribution in [3.8, 4) is 0 Å². The summed E-state index contributed by atoms with van der Waals surface area (Å²) in [4.78, 5) is 14.3. The molecule has 0 aromatic carbocycles. The fraction of sp³-hybridized carbons (Fsp3) is 0.923. The molecule has 104 valence electrons. The van der Waals surface area contributed by atoms with Crippen molar-refractivity contribution in [3.05, 3.63) is 0 Å². The van der Waals surface area contributed by atoms with Crippen LogP contribution in [0.15, 0.2) is 0 Å². The van der Waals surface area contributed by atoms with Crippen LogP contribution < -0.4 is 5.32 Å². The van der Waals surface area contributed by atoms with Gasteiger partial charge >= 0.3 is 0 Å². The van der Waals surface area contributed by atoms with E-state index >= 15 is 0 Å². The van der Waals surface area contributed by atoms with Crippen molar-refractivity contribution >= 4 is 5.91 Å². The maximum Gasteiger partial charge on any atom is 0.248 e. The molecule has 2 fully saturated rings. The number of nitrogens with zero attached hydrogens (tertiary/aromatic N) is 1. The van der Waals surface area contributed by atoms with E-state index in [0.717, 1.165) is 19.5 Å². The summed E-state index contributed by atoms with van der Waals surface area (Å²) < 4.78 is 26.2. The molecule has 2 rings (SSSR count). The molecule has 18 heavy (non-hydrogen) atoms. The van der Waals surface area contributed by atoms with E-state index in [1.807, 2.05) is 11.8 Å². The monoisotopic (exact) mass is 260 g/mol. The molecule has 1 atom stereocenters. The zero-order valence-electron chi connectivity index (χ0n) is 10.9. The minimum Gasteiger partial charge on any atom is -0.338 e. The Balaban J connectivity index is 1.93. The molecule has 0 bridgehead atoms. The average molecular weight is 260 g/mol. The lowest BCUT2D eigenvalue weighted by Crippen LogP contribution is -2.45. The van der Waals surface area contributed by atoms with Crippen LogP contribution in [-0.2, 0) is 4.79 Å². The first kappa shape index (κ1) is 13.7. The zero-order chi connectivity index (χ0) is 13.2. The van der Waals surface area contributed by atoms with Crippen LogP contribution in [-0.4, -0.2) is 42.4 Å². The molecule has 0 aromatic rings. The first-order valence-electron chi connectivity index (χ1n) is 6.92. The summed E-state index contributed by atoms with van der Waals surface area (Å²) in [5, 5.41) is 3.24. The molecule has 2 aliphatic rings. The highest BCUT2D eigenvalue weighted by atomic mass is 19.3. The Morgan fingerprint density at radius 3 is 2.50 bits per heavy atom.